The topological polar surface area (TPSA) is 78.5 Å². The molecule has 6 nitrogen and oxygen atoms in total. The molecule has 1 aromatic carbocycles. The molecule has 2 N–H and O–H groups in total. The molecule has 1 fully saturated rings. The Kier molecular flexibility index (Phi) is 7.44. The fourth-order valence-electron chi connectivity index (χ4n) is 2.93. The minimum Gasteiger partial charge on any atom is -0.356 e. The third-order valence-electron chi connectivity index (χ3n) is 4.24. The molecule has 0 radical (unpaired) electrons. The molecule has 0 spiro atoms. The van der Waals surface area contributed by atoms with Crippen molar-refractivity contribution in [3.8, 4) is 0 Å². The summed E-state index contributed by atoms with van der Waals surface area (Å²) in [4.78, 5) is 36.8. The second-order valence-electron chi connectivity index (χ2n) is 6.45. The maximum absolute atomic E-state index is 12.0. The summed E-state index contributed by atoms with van der Waals surface area (Å²) in [6.45, 7) is 3.59. The molecule has 2 rings (SSSR count). The van der Waals surface area contributed by atoms with Crippen LogP contribution < -0.4 is 10.6 Å². The van der Waals surface area contributed by atoms with Crippen LogP contribution in [-0.4, -0.2) is 42.3 Å². The standard InChI is InChI=1S/C19H27N3O3/c1-15(23)21-17-9-7-16(8-10-17)14-18(24)20-11-5-13-22-12-4-2-3-6-19(22)25/h7-10H,2-6,11-14H2,1H3,(H,20,24)(H,21,23). The molecule has 0 aromatic heterocycles. The molecule has 136 valence electrons. The average molecular weight is 345 g/mol. The van der Waals surface area contributed by atoms with Gasteiger partial charge in [-0.3, -0.25) is 14.4 Å². The molecule has 1 aliphatic rings. The van der Waals surface area contributed by atoms with Gasteiger partial charge in [0, 0.05) is 38.7 Å². The highest BCUT2D eigenvalue weighted by atomic mass is 16.2. The number of benzene rings is 1. The van der Waals surface area contributed by atoms with Crippen LogP contribution in [0, 0.1) is 0 Å². The van der Waals surface area contributed by atoms with Crippen molar-refractivity contribution in [3.63, 3.8) is 0 Å². The molecule has 25 heavy (non-hydrogen) atoms. The van der Waals surface area contributed by atoms with Gasteiger partial charge in [-0.05, 0) is 37.0 Å². The first-order chi connectivity index (χ1) is 12.0. The van der Waals surface area contributed by atoms with Crippen LogP contribution in [0.3, 0.4) is 0 Å². The smallest absolute Gasteiger partial charge is 0.224 e. The first-order valence-corrected chi connectivity index (χ1v) is 8.95. The summed E-state index contributed by atoms with van der Waals surface area (Å²) in [5.74, 6) is 0.0888. The number of carbonyl (C=O) groups excluding carboxylic acids is 3. The lowest BCUT2D eigenvalue weighted by Crippen LogP contribution is -2.34. The van der Waals surface area contributed by atoms with E-state index in [1.165, 1.54) is 6.92 Å². The lowest BCUT2D eigenvalue weighted by atomic mass is 10.1. The maximum Gasteiger partial charge on any atom is 0.224 e. The number of rotatable bonds is 7. The van der Waals surface area contributed by atoms with Crippen LogP contribution in [0.25, 0.3) is 0 Å². The Hall–Kier alpha value is -2.37. The molecule has 0 atom stereocenters. The van der Waals surface area contributed by atoms with E-state index in [1.54, 1.807) is 12.1 Å². The van der Waals surface area contributed by atoms with Crippen molar-refractivity contribution in [1.82, 2.24) is 10.2 Å². The van der Waals surface area contributed by atoms with Gasteiger partial charge in [0.2, 0.25) is 17.7 Å². The highest BCUT2D eigenvalue weighted by Gasteiger charge is 2.15. The van der Waals surface area contributed by atoms with Crippen LogP contribution in [0.1, 0.15) is 44.6 Å². The lowest BCUT2D eigenvalue weighted by molar-refractivity contribution is -0.130. The predicted octanol–water partition coefficient (Wildman–Crippen LogP) is 2.10. The van der Waals surface area contributed by atoms with Crippen molar-refractivity contribution in [1.29, 1.82) is 0 Å². The van der Waals surface area contributed by atoms with Crippen molar-refractivity contribution >= 4 is 23.4 Å². The Bertz CT molecular complexity index is 598. The molecule has 1 heterocycles. The minimum atomic E-state index is -0.117. The number of amides is 3. The monoisotopic (exact) mass is 345 g/mol. The number of nitrogens with one attached hydrogen (secondary N) is 2. The van der Waals surface area contributed by atoms with Crippen LogP contribution in [0.2, 0.25) is 0 Å². The molecule has 0 bridgehead atoms. The van der Waals surface area contributed by atoms with Crippen LogP contribution in [0.15, 0.2) is 24.3 Å². The Balaban J connectivity index is 1.66. The number of carbonyl (C=O) groups is 3. The number of hydrogen-bond donors (Lipinski definition) is 2. The van der Waals surface area contributed by atoms with Gasteiger partial charge in [0.15, 0.2) is 0 Å². The van der Waals surface area contributed by atoms with E-state index in [4.69, 9.17) is 0 Å². The molecular formula is C19H27N3O3. The van der Waals surface area contributed by atoms with E-state index in [0.717, 1.165) is 43.5 Å². The van der Waals surface area contributed by atoms with Crippen molar-refractivity contribution in [2.75, 3.05) is 25.0 Å². The van der Waals surface area contributed by atoms with Crippen LogP contribution in [0.4, 0.5) is 5.69 Å². The second-order valence-corrected chi connectivity index (χ2v) is 6.45. The van der Waals surface area contributed by atoms with Crippen molar-refractivity contribution in [2.24, 2.45) is 0 Å². The van der Waals surface area contributed by atoms with Gasteiger partial charge in [-0.2, -0.15) is 0 Å². The molecular weight excluding hydrogens is 318 g/mol. The van der Waals surface area contributed by atoms with E-state index in [-0.39, 0.29) is 17.7 Å². The first kappa shape index (κ1) is 19.0. The number of likely N-dealkylation sites (tertiary alicyclic amines) is 1. The van der Waals surface area contributed by atoms with Gasteiger partial charge in [-0.15, -0.1) is 0 Å². The second kappa shape index (κ2) is 9.81. The average Bonchev–Trinajstić information content (AvgIpc) is 2.77. The maximum atomic E-state index is 12.0. The van der Waals surface area contributed by atoms with Gasteiger partial charge < -0.3 is 15.5 Å². The summed E-state index contributed by atoms with van der Waals surface area (Å²) in [6, 6.07) is 7.24. The summed E-state index contributed by atoms with van der Waals surface area (Å²) in [5.41, 5.74) is 1.62. The zero-order chi connectivity index (χ0) is 18.1. The largest absolute Gasteiger partial charge is 0.356 e. The Morgan fingerprint density at radius 1 is 1.12 bits per heavy atom. The van der Waals surface area contributed by atoms with Crippen molar-refractivity contribution in [2.45, 2.75) is 45.4 Å². The molecule has 1 aliphatic heterocycles. The molecule has 0 aliphatic carbocycles. The third-order valence-corrected chi connectivity index (χ3v) is 4.24. The molecule has 0 unspecified atom stereocenters. The Morgan fingerprint density at radius 2 is 1.88 bits per heavy atom. The molecule has 1 aromatic rings. The molecule has 0 saturated carbocycles. The predicted molar refractivity (Wildman–Crippen MR) is 97.1 cm³/mol. The van der Waals surface area contributed by atoms with Crippen LogP contribution in [-0.2, 0) is 20.8 Å². The Labute approximate surface area is 149 Å². The van der Waals surface area contributed by atoms with Gasteiger partial charge in [-0.25, -0.2) is 0 Å². The molecule has 6 heteroatoms. The van der Waals surface area contributed by atoms with Gasteiger partial charge in [-0.1, -0.05) is 18.6 Å². The normalized spacial score (nSPS) is 14.8. The zero-order valence-electron chi connectivity index (χ0n) is 14.8. The molecule has 3 amide bonds. The SMILES string of the molecule is CC(=O)Nc1ccc(CC(=O)NCCCN2CCCCCC2=O)cc1. The summed E-state index contributed by atoms with van der Waals surface area (Å²) in [7, 11) is 0. The lowest BCUT2D eigenvalue weighted by Gasteiger charge is -2.20. The fourth-order valence-corrected chi connectivity index (χ4v) is 2.93. The van der Waals surface area contributed by atoms with E-state index in [9.17, 15) is 14.4 Å². The minimum absolute atomic E-state index is 0.0329. The number of hydrogen-bond acceptors (Lipinski definition) is 3. The van der Waals surface area contributed by atoms with E-state index < -0.39 is 0 Å². The summed E-state index contributed by atoms with van der Waals surface area (Å²) >= 11 is 0. The van der Waals surface area contributed by atoms with Gasteiger partial charge in [0.1, 0.15) is 0 Å². The Morgan fingerprint density at radius 3 is 2.60 bits per heavy atom. The van der Waals surface area contributed by atoms with E-state index in [0.29, 0.717) is 25.9 Å². The van der Waals surface area contributed by atoms with E-state index in [2.05, 4.69) is 10.6 Å². The van der Waals surface area contributed by atoms with Crippen molar-refractivity contribution < 1.29 is 14.4 Å². The zero-order valence-corrected chi connectivity index (χ0v) is 14.8. The number of nitrogens with zero attached hydrogens (tertiary/aromatic N) is 1. The first-order valence-electron chi connectivity index (χ1n) is 8.95. The summed E-state index contributed by atoms with van der Waals surface area (Å²) in [6.07, 6.45) is 4.93. The highest BCUT2D eigenvalue weighted by Crippen LogP contribution is 2.11. The fraction of sp³-hybridized carbons (Fsp3) is 0.526. The molecule has 1 saturated heterocycles. The van der Waals surface area contributed by atoms with Gasteiger partial charge >= 0.3 is 0 Å². The quantitative estimate of drug-likeness (QED) is 0.743. The van der Waals surface area contributed by atoms with Crippen LogP contribution >= 0.6 is 0 Å². The van der Waals surface area contributed by atoms with E-state index in [1.807, 2.05) is 17.0 Å². The summed E-state index contributed by atoms with van der Waals surface area (Å²) in [5, 5.41) is 5.60. The third kappa shape index (κ3) is 6.95. The number of anilines is 1. The van der Waals surface area contributed by atoms with E-state index >= 15 is 0 Å². The van der Waals surface area contributed by atoms with Crippen molar-refractivity contribution in [3.05, 3.63) is 29.8 Å². The van der Waals surface area contributed by atoms with Crippen LogP contribution in [0.5, 0.6) is 0 Å². The summed E-state index contributed by atoms with van der Waals surface area (Å²) < 4.78 is 0. The van der Waals surface area contributed by atoms with Gasteiger partial charge in [0.25, 0.3) is 0 Å². The highest BCUT2D eigenvalue weighted by molar-refractivity contribution is 5.88. The van der Waals surface area contributed by atoms with Gasteiger partial charge in [0.05, 0.1) is 6.42 Å².